The fourth-order valence-corrected chi connectivity index (χ4v) is 4.46. The Balaban J connectivity index is 1.70. The summed E-state index contributed by atoms with van der Waals surface area (Å²) >= 11 is 3.98. The monoisotopic (exact) mass is 311 g/mol. The molecule has 0 amide bonds. The fraction of sp³-hybridized carbons (Fsp3) is 0.625. The summed E-state index contributed by atoms with van der Waals surface area (Å²) in [5.41, 5.74) is 0. The zero-order chi connectivity index (χ0) is 14.2. The largest absolute Gasteiger partial charge is 0.496 e. The molecular weight excluding hydrogens is 286 g/mol. The van der Waals surface area contributed by atoms with Crippen molar-refractivity contribution in [3.63, 3.8) is 0 Å². The van der Waals surface area contributed by atoms with Crippen LogP contribution in [0.1, 0.15) is 19.8 Å². The minimum atomic E-state index is 0.680. The molecule has 1 saturated heterocycles. The Kier molecular flexibility index (Phi) is 7.11. The first-order valence-electron chi connectivity index (χ1n) is 7.36. The number of hydrogen-bond donors (Lipinski definition) is 1. The fourth-order valence-electron chi connectivity index (χ4n) is 2.30. The van der Waals surface area contributed by atoms with E-state index < -0.39 is 0 Å². The number of hydrogen-bond acceptors (Lipinski definition) is 4. The number of para-hydroxylation sites is 1. The van der Waals surface area contributed by atoms with Crippen LogP contribution in [-0.2, 0) is 0 Å². The molecule has 0 bridgehead atoms. The van der Waals surface area contributed by atoms with E-state index in [4.69, 9.17) is 4.74 Å². The molecule has 1 atom stereocenters. The summed E-state index contributed by atoms with van der Waals surface area (Å²) < 4.78 is 5.39. The van der Waals surface area contributed by atoms with E-state index in [1.54, 1.807) is 7.11 Å². The van der Waals surface area contributed by atoms with E-state index in [0.29, 0.717) is 5.92 Å². The van der Waals surface area contributed by atoms with Crippen LogP contribution in [0.4, 0.5) is 0 Å². The summed E-state index contributed by atoms with van der Waals surface area (Å²) in [5, 5.41) is 3.73. The minimum Gasteiger partial charge on any atom is -0.496 e. The molecular formula is C16H25NOS2. The van der Waals surface area contributed by atoms with E-state index in [2.05, 4.69) is 36.1 Å². The number of nitrogens with one attached hydrogen (secondary N) is 1. The highest BCUT2D eigenvalue weighted by atomic mass is 32.2. The number of thioether (sulfide) groups is 2. The first-order chi connectivity index (χ1) is 9.79. The van der Waals surface area contributed by atoms with Crippen molar-refractivity contribution in [2.75, 3.05) is 30.9 Å². The van der Waals surface area contributed by atoms with Crippen molar-refractivity contribution in [2.24, 2.45) is 5.92 Å². The normalized spacial score (nSPS) is 17.9. The Morgan fingerprint density at radius 1 is 1.35 bits per heavy atom. The summed E-state index contributed by atoms with van der Waals surface area (Å²) in [6.45, 7) is 3.45. The lowest BCUT2D eigenvalue weighted by atomic mass is 10.1. The van der Waals surface area contributed by atoms with E-state index in [0.717, 1.165) is 24.1 Å². The van der Waals surface area contributed by atoms with Crippen LogP contribution in [0.2, 0.25) is 0 Å². The smallest absolute Gasteiger partial charge is 0.132 e. The molecule has 0 spiro atoms. The van der Waals surface area contributed by atoms with Gasteiger partial charge in [-0.15, -0.1) is 11.8 Å². The summed E-state index contributed by atoms with van der Waals surface area (Å²) in [6.07, 6.45) is 2.66. The Hall–Kier alpha value is -0.320. The Morgan fingerprint density at radius 3 is 2.85 bits per heavy atom. The standard InChI is InChI=1S/C16H25NOS2/c1-13(11-17-14-7-9-19-10-8-14)12-20-16-6-4-3-5-15(16)18-2/h3-6,13-14,17H,7-12H2,1-2H3. The molecule has 112 valence electrons. The van der Waals surface area contributed by atoms with Crippen LogP contribution < -0.4 is 10.1 Å². The van der Waals surface area contributed by atoms with Crippen molar-refractivity contribution in [1.82, 2.24) is 5.32 Å². The SMILES string of the molecule is COc1ccccc1SCC(C)CNC1CCSCC1. The average Bonchev–Trinajstić information content (AvgIpc) is 2.52. The zero-order valence-corrected chi connectivity index (χ0v) is 14.1. The van der Waals surface area contributed by atoms with Crippen molar-refractivity contribution in [3.05, 3.63) is 24.3 Å². The van der Waals surface area contributed by atoms with Crippen LogP contribution in [0, 0.1) is 5.92 Å². The molecule has 1 aromatic rings. The Bertz CT molecular complexity index is 394. The maximum Gasteiger partial charge on any atom is 0.132 e. The summed E-state index contributed by atoms with van der Waals surface area (Å²) in [4.78, 5) is 1.25. The van der Waals surface area contributed by atoms with Gasteiger partial charge in [-0.05, 0) is 48.9 Å². The summed E-state index contributed by atoms with van der Waals surface area (Å²) in [7, 11) is 1.74. The molecule has 0 radical (unpaired) electrons. The highest BCUT2D eigenvalue weighted by Crippen LogP contribution is 2.30. The van der Waals surface area contributed by atoms with Crippen molar-refractivity contribution in [1.29, 1.82) is 0 Å². The molecule has 0 saturated carbocycles. The molecule has 1 N–H and O–H groups in total. The number of rotatable bonds is 7. The third-order valence-electron chi connectivity index (χ3n) is 3.57. The summed E-state index contributed by atoms with van der Waals surface area (Å²) in [5.74, 6) is 5.44. The van der Waals surface area contributed by atoms with Crippen molar-refractivity contribution >= 4 is 23.5 Å². The van der Waals surface area contributed by atoms with Gasteiger partial charge in [-0.25, -0.2) is 0 Å². The van der Waals surface area contributed by atoms with E-state index >= 15 is 0 Å². The van der Waals surface area contributed by atoms with Gasteiger partial charge in [0.05, 0.1) is 7.11 Å². The highest BCUT2D eigenvalue weighted by molar-refractivity contribution is 7.99. The van der Waals surface area contributed by atoms with E-state index in [1.165, 1.54) is 29.2 Å². The van der Waals surface area contributed by atoms with Gasteiger partial charge in [-0.2, -0.15) is 11.8 Å². The number of ether oxygens (including phenoxy) is 1. The van der Waals surface area contributed by atoms with Gasteiger partial charge in [0, 0.05) is 16.7 Å². The molecule has 20 heavy (non-hydrogen) atoms. The first-order valence-corrected chi connectivity index (χ1v) is 9.50. The maximum absolute atomic E-state index is 5.39. The molecule has 0 aromatic heterocycles. The van der Waals surface area contributed by atoms with Crippen LogP contribution in [0.25, 0.3) is 0 Å². The van der Waals surface area contributed by atoms with Gasteiger partial charge >= 0.3 is 0 Å². The van der Waals surface area contributed by atoms with E-state index in [9.17, 15) is 0 Å². The summed E-state index contributed by atoms with van der Waals surface area (Å²) in [6, 6.07) is 9.02. The maximum atomic E-state index is 5.39. The predicted octanol–water partition coefficient (Wildman–Crippen LogP) is 3.91. The van der Waals surface area contributed by atoms with Gasteiger partial charge in [0.15, 0.2) is 0 Å². The third-order valence-corrected chi connectivity index (χ3v) is 6.00. The van der Waals surface area contributed by atoms with Gasteiger partial charge in [0.1, 0.15) is 5.75 Å². The van der Waals surface area contributed by atoms with Crippen LogP contribution in [-0.4, -0.2) is 37.0 Å². The lowest BCUT2D eigenvalue weighted by Gasteiger charge is -2.24. The van der Waals surface area contributed by atoms with Gasteiger partial charge in [0.2, 0.25) is 0 Å². The van der Waals surface area contributed by atoms with Crippen LogP contribution in [0.3, 0.4) is 0 Å². The average molecular weight is 312 g/mol. The van der Waals surface area contributed by atoms with Crippen molar-refractivity contribution < 1.29 is 4.74 Å². The van der Waals surface area contributed by atoms with Gasteiger partial charge < -0.3 is 10.1 Å². The van der Waals surface area contributed by atoms with Gasteiger partial charge in [-0.3, -0.25) is 0 Å². The molecule has 1 aliphatic heterocycles. The quantitative estimate of drug-likeness (QED) is 0.770. The highest BCUT2D eigenvalue weighted by Gasteiger charge is 2.14. The zero-order valence-electron chi connectivity index (χ0n) is 12.4. The molecule has 1 fully saturated rings. The molecule has 2 rings (SSSR count). The van der Waals surface area contributed by atoms with Crippen LogP contribution in [0.15, 0.2) is 29.2 Å². The molecule has 0 aliphatic carbocycles. The second-order valence-corrected chi connectivity index (χ2v) is 7.65. The van der Waals surface area contributed by atoms with E-state index in [-0.39, 0.29) is 0 Å². The van der Waals surface area contributed by atoms with Gasteiger partial charge in [-0.1, -0.05) is 19.1 Å². The lowest BCUT2D eigenvalue weighted by molar-refractivity contribution is 0.404. The third kappa shape index (κ3) is 5.23. The molecule has 4 heteroatoms. The Labute approximate surface area is 131 Å². The second kappa shape index (κ2) is 8.85. The topological polar surface area (TPSA) is 21.3 Å². The van der Waals surface area contributed by atoms with Crippen molar-refractivity contribution in [3.8, 4) is 5.75 Å². The van der Waals surface area contributed by atoms with Crippen LogP contribution >= 0.6 is 23.5 Å². The first kappa shape index (κ1) is 16.1. The molecule has 1 unspecified atom stereocenters. The van der Waals surface area contributed by atoms with Crippen LogP contribution in [0.5, 0.6) is 5.75 Å². The molecule has 1 heterocycles. The molecule has 1 aliphatic rings. The number of benzene rings is 1. The molecule has 2 nitrogen and oxygen atoms in total. The van der Waals surface area contributed by atoms with E-state index in [1.807, 2.05) is 23.9 Å². The molecule has 1 aromatic carbocycles. The predicted molar refractivity (Wildman–Crippen MR) is 91.2 cm³/mol. The second-order valence-electron chi connectivity index (χ2n) is 5.36. The van der Waals surface area contributed by atoms with Gasteiger partial charge in [0.25, 0.3) is 0 Å². The number of methoxy groups -OCH3 is 1. The lowest BCUT2D eigenvalue weighted by Crippen LogP contribution is -2.35. The van der Waals surface area contributed by atoms with Crippen molar-refractivity contribution in [2.45, 2.75) is 30.7 Å². The Morgan fingerprint density at radius 2 is 2.10 bits per heavy atom. The minimum absolute atomic E-state index is 0.680.